The van der Waals surface area contributed by atoms with Crippen molar-refractivity contribution in [2.24, 2.45) is 11.7 Å². The molecular weight excluding hydrogens is 240 g/mol. The molecule has 0 aliphatic carbocycles. The van der Waals surface area contributed by atoms with E-state index in [4.69, 9.17) is 10.2 Å². The van der Waals surface area contributed by atoms with Crippen LogP contribution in [-0.2, 0) is 4.79 Å². The quantitative estimate of drug-likeness (QED) is 0.868. The molecule has 0 saturated carbocycles. The summed E-state index contributed by atoms with van der Waals surface area (Å²) in [7, 11) is 0. The third-order valence-electron chi connectivity index (χ3n) is 3.19. The lowest BCUT2D eigenvalue weighted by atomic mass is 10.1. The number of fused-ring (bicyclic) bond motifs is 1. The van der Waals surface area contributed by atoms with E-state index in [0.29, 0.717) is 13.0 Å². The SMILES string of the molecule is CC(CN)CC(=O)NC(C)c1cc2ccccc2o1. The van der Waals surface area contributed by atoms with Crippen molar-refractivity contribution >= 4 is 16.9 Å². The molecule has 4 heteroatoms. The zero-order valence-corrected chi connectivity index (χ0v) is 11.3. The van der Waals surface area contributed by atoms with Gasteiger partial charge in [0.1, 0.15) is 11.3 Å². The first-order valence-electron chi connectivity index (χ1n) is 6.58. The van der Waals surface area contributed by atoms with Gasteiger partial charge in [0.15, 0.2) is 0 Å². The molecule has 1 aromatic carbocycles. The summed E-state index contributed by atoms with van der Waals surface area (Å²) in [4.78, 5) is 11.8. The fraction of sp³-hybridized carbons (Fsp3) is 0.400. The van der Waals surface area contributed by atoms with Crippen molar-refractivity contribution in [1.29, 1.82) is 0 Å². The van der Waals surface area contributed by atoms with E-state index in [9.17, 15) is 4.79 Å². The van der Waals surface area contributed by atoms with Crippen LogP contribution in [-0.4, -0.2) is 12.5 Å². The lowest BCUT2D eigenvalue weighted by Gasteiger charge is -2.13. The Morgan fingerprint density at radius 2 is 2.11 bits per heavy atom. The van der Waals surface area contributed by atoms with Crippen molar-refractivity contribution in [2.45, 2.75) is 26.3 Å². The van der Waals surface area contributed by atoms with Crippen molar-refractivity contribution in [3.05, 3.63) is 36.1 Å². The standard InChI is InChI=1S/C15H20N2O2/c1-10(9-16)7-15(18)17-11(2)14-8-12-5-3-4-6-13(12)19-14/h3-6,8,10-11H,7,9,16H2,1-2H3,(H,17,18). The predicted molar refractivity (Wildman–Crippen MR) is 75.6 cm³/mol. The summed E-state index contributed by atoms with van der Waals surface area (Å²) < 4.78 is 5.72. The van der Waals surface area contributed by atoms with Crippen molar-refractivity contribution in [3.63, 3.8) is 0 Å². The fourth-order valence-corrected chi connectivity index (χ4v) is 1.99. The van der Waals surface area contributed by atoms with E-state index in [1.54, 1.807) is 0 Å². The Labute approximate surface area is 113 Å². The number of carbonyl (C=O) groups excluding carboxylic acids is 1. The van der Waals surface area contributed by atoms with Gasteiger partial charge in [-0.05, 0) is 31.5 Å². The van der Waals surface area contributed by atoms with Gasteiger partial charge in [-0.15, -0.1) is 0 Å². The Kier molecular flexibility index (Phi) is 4.22. The van der Waals surface area contributed by atoms with Crippen LogP contribution in [0.25, 0.3) is 11.0 Å². The van der Waals surface area contributed by atoms with Gasteiger partial charge >= 0.3 is 0 Å². The fourth-order valence-electron chi connectivity index (χ4n) is 1.99. The molecule has 0 fully saturated rings. The number of furan rings is 1. The molecule has 0 aliphatic heterocycles. The Morgan fingerprint density at radius 3 is 2.79 bits per heavy atom. The number of hydrogen-bond acceptors (Lipinski definition) is 3. The summed E-state index contributed by atoms with van der Waals surface area (Å²) in [5.74, 6) is 0.976. The van der Waals surface area contributed by atoms with Crippen LogP contribution in [0, 0.1) is 5.92 Å². The van der Waals surface area contributed by atoms with Gasteiger partial charge in [-0.2, -0.15) is 0 Å². The van der Waals surface area contributed by atoms with E-state index in [0.717, 1.165) is 16.7 Å². The number of carbonyl (C=O) groups is 1. The maximum absolute atomic E-state index is 11.8. The monoisotopic (exact) mass is 260 g/mol. The molecule has 0 saturated heterocycles. The average Bonchev–Trinajstić information content (AvgIpc) is 2.82. The lowest BCUT2D eigenvalue weighted by molar-refractivity contribution is -0.122. The Balaban J connectivity index is 2.03. The number of para-hydroxylation sites is 1. The number of hydrogen-bond donors (Lipinski definition) is 2. The third kappa shape index (κ3) is 3.35. The minimum Gasteiger partial charge on any atom is -0.459 e. The zero-order chi connectivity index (χ0) is 13.8. The lowest BCUT2D eigenvalue weighted by Crippen LogP contribution is -2.29. The van der Waals surface area contributed by atoms with Crippen LogP contribution >= 0.6 is 0 Å². The number of nitrogens with one attached hydrogen (secondary N) is 1. The van der Waals surface area contributed by atoms with Gasteiger partial charge < -0.3 is 15.5 Å². The van der Waals surface area contributed by atoms with E-state index < -0.39 is 0 Å². The Bertz CT molecular complexity index is 529. The molecule has 1 heterocycles. The molecule has 3 N–H and O–H groups in total. The first-order valence-corrected chi connectivity index (χ1v) is 6.58. The number of amides is 1. The summed E-state index contributed by atoms with van der Waals surface area (Å²) >= 11 is 0. The molecule has 2 aromatic rings. The molecule has 19 heavy (non-hydrogen) atoms. The smallest absolute Gasteiger partial charge is 0.220 e. The molecule has 0 radical (unpaired) electrons. The maximum Gasteiger partial charge on any atom is 0.220 e. The predicted octanol–water partition coefficient (Wildman–Crippen LogP) is 2.59. The van der Waals surface area contributed by atoms with E-state index in [2.05, 4.69) is 5.32 Å². The van der Waals surface area contributed by atoms with Gasteiger partial charge in [0.2, 0.25) is 5.91 Å². The second-order valence-electron chi connectivity index (χ2n) is 5.02. The highest BCUT2D eigenvalue weighted by molar-refractivity contribution is 5.79. The normalized spacial score (nSPS) is 14.3. The molecule has 1 aromatic heterocycles. The van der Waals surface area contributed by atoms with Crippen LogP contribution in [0.2, 0.25) is 0 Å². The highest BCUT2D eigenvalue weighted by Crippen LogP contribution is 2.23. The van der Waals surface area contributed by atoms with E-state index >= 15 is 0 Å². The summed E-state index contributed by atoms with van der Waals surface area (Å²) in [6, 6.07) is 9.64. The van der Waals surface area contributed by atoms with Gasteiger partial charge in [-0.1, -0.05) is 25.1 Å². The molecule has 2 rings (SSSR count). The van der Waals surface area contributed by atoms with Crippen molar-refractivity contribution in [2.75, 3.05) is 6.54 Å². The van der Waals surface area contributed by atoms with Crippen molar-refractivity contribution < 1.29 is 9.21 Å². The van der Waals surface area contributed by atoms with Gasteiger partial charge in [-0.3, -0.25) is 4.79 Å². The van der Waals surface area contributed by atoms with Crippen LogP contribution in [0.4, 0.5) is 0 Å². The van der Waals surface area contributed by atoms with E-state index in [-0.39, 0.29) is 17.9 Å². The molecule has 2 atom stereocenters. The summed E-state index contributed by atoms with van der Waals surface area (Å²) in [6.45, 7) is 4.40. The Morgan fingerprint density at radius 1 is 1.37 bits per heavy atom. The topological polar surface area (TPSA) is 68.3 Å². The highest BCUT2D eigenvalue weighted by Gasteiger charge is 2.15. The van der Waals surface area contributed by atoms with E-state index in [1.165, 1.54) is 0 Å². The van der Waals surface area contributed by atoms with Crippen molar-refractivity contribution in [1.82, 2.24) is 5.32 Å². The largest absolute Gasteiger partial charge is 0.459 e. The third-order valence-corrected chi connectivity index (χ3v) is 3.19. The van der Waals surface area contributed by atoms with Gasteiger partial charge in [-0.25, -0.2) is 0 Å². The minimum absolute atomic E-state index is 0.00547. The maximum atomic E-state index is 11.8. The van der Waals surface area contributed by atoms with Gasteiger partial charge in [0.05, 0.1) is 6.04 Å². The summed E-state index contributed by atoms with van der Waals surface area (Å²) in [5, 5.41) is 3.98. The Hall–Kier alpha value is -1.81. The number of nitrogens with two attached hydrogens (primary N) is 1. The number of rotatable bonds is 5. The molecule has 0 spiro atoms. The molecule has 102 valence electrons. The highest BCUT2D eigenvalue weighted by atomic mass is 16.3. The first-order chi connectivity index (χ1) is 9.10. The van der Waals surface area contributed by atoms with Gasteiger partial charge in [0, 0.05) is 11.8 Å². The summed E-state index contributed by atoms with van der Waals surface area (Å²) in [6.07, 6.45) is 0.446. The molecule has 1 amide bonds. The molecular formula is C15H20N2O2. The average molecular weight is 260 g/mol. The van der Waals surface area contributed by atoms with Crippen LogP contribution in [0.3, 0.4) is 0 Å². The molecule has 0 aliphatic rings. The molecule has 0 bridgehead atoms. The molecule has 2 unspecified atom stereocenters. The second-order valence-corrected chi connectivity index (χ2v) is 5.02. The van der Waals surface area contributed by atoms with Crippen LogP contribution in [0.5, 0.6) is 0 Å². The number of benzene rings is 1. The van der Waals surface area contributed by atoms with Crippen LogP contribution in [0.1, 0.15) is 32.1 Å². The second kappa shape index (κ2) is 5.89. The summed E-state index contributed by atoms with van der Waals surface area (Å²) in [5.41, 5.74) is 6.36. The first kappa shape index (κ1) is 13.6. The molecule has 4 nitrogen and oxygen atoms in total. The minimum atomic E-state index is -0.134. The van der Waals surface area contributed by atoms with Crippen molar-refractivity contribution in [3.8, 4) is 0 Å². The van der Waals surface area contributed by atoms with Crippen LogP contribution < -0.4 is 11.1 Å². The zero-order valence-electron chi connectivity index (χ0n) is 11.3. The van der Waals surface area contributed by atoms with E-state index in [1.807, 2.05) is 44.2 Å². The van der Waals surface area contributed by atoms with Crippen LogP contribution in [0.15, 0.2) is 34.7 Å². The van der Waals surface area contributed by atoms with Gasteiger partial charge in [0.25, 0.3) is 0 Å².